The van der Waals surface area contributed by atoms with Crippen LogP contribution in [0.1, 0.15) is 91.4 Å². The Morgan fingerprint density at radius 3 is 2.41 bits per heavy atom. The van der Waals surface area contributed by atoms with Crippen LogP contribution in [0.25, 0.3) is 10.9 Å². The fraction of sp³-hybridized carbons (Fsp3) is 0.488. The highest BCUT2D eigenvalue weighted by atomic mass is 16.6. The third-order valence-corrected chi connectivity index (χ3v) is 12.8. The molecule has 3 amide bonds. The second-order valence-electron chi connectivity index (χ2n) is 17.1. The lowest BCUT2D eigenvalue weighted by Crippen LogP contribution is -2.52. The van der Waals surface area contributed by atoms with E-state index in [2.05, 4.69) is 25.8 Å². The molecule has 15 heteroatoms. The van der Waals surface area contributed by atoms with Crippen molar-refractivity contribution in [2.45, 2.75) is 109 Å². The molecular formula is C43H53N9O6. The van der Waals surface area contributed by atoms with E-state index in [4.69, 9.17) is 25.7 Å². The zero-order valence-electron chi connectivity index (χ0n) is 33.1. The first kappa shape index (κ1) is 39.0. The topological polar surface area (TPSA) is 229 Å². The van der Waals surface area contributed by atoms with Crippen LogP contribution in [0, 0.1) is 37.0 Å². The molecular weight excluding hydrogens is 739 g/mol. The predicted molar refractivity (Wildman–Crippen MR) is 215 cm³/mol. The number of anilines is 1. The highest BCUT2D eigenvalue weighted by Gasteiger charge is 2.51. The Labute approximate surface area is 336 Å². The van der Waals surface area contributed by atoms with Crippen molar-refractivity contribution in [3.8, 4) is 5.75 Å². The lowest BCUT2D eigenvalue weighted by Gasteiger charge is -2.56. The van der Waals surface area contributed by atoms with Gasteiger partial charge in [-0.25, -0.2) is 9.78 Å². The van der Waals surface area contributed by atoms with Crippen LogP contribution in [0.15, 0.2) is 59.5 Å². The number of ether oxygens (including phenoxy) is 1. The molecule has 3 aromatic heterocycles. The van der Waals surface area contributed by atoms with Gasteiger partial charge in [0.25, 0.3) is 5.91 Å². The monoisotopic (exact) mass is 791 g/mol. The minimum Gasteiger partial charge on any atom is -0.508 e. The molecule has 5 aromatic rings. The molecule has 0 radical (unpaired) electrons. The first-order chi connectivity index (χ1) is 27.9. The van der Waals surface area contributed by atoms with Gasteiger partial charge >= 0.3 is 6.09 Å². The van der Waals surface area contributed by atoms with Gasteiger partial charge in [0.2, 0.25) is 11.8 Å². The number of benzene rings is 2. The third kappa shape index (κ3) is 8.53. The third-order valence-electron chi connectivity index (χ3n) is 12.8. The molecule has 4 saturated carbocycles. The summed E-state index contributed by atoms with van der Waals surface area (Å²) in [6, 6.07) is 9.28. The van der Waals surface area contributed by atoms with Gasteiger partial charge in [-0.05, 0) is 129 Å². The summed E-state index contributed by atoms with van der Waals surface area (Å²) in [5.41, 5.74) is 15.7. The summed E-state index contributed by atoms with van der Waals surface area (Å²) in [6.07, 6.45) is 12.1. The molecule has 58 heavy (non-hydrogen) atoms. The number of rotatable bonds is 16. The van der Waals surface area contributed by atoms with E-state index in [-0.39, 0.29) is 29.9 Å². The number of phenolic OH excluding ortho intramolecular Hbond substituents is 1. The van der Waals surface area contributed by atoms with Crippen LogP contribution in [-0.2, 0) is 40.1 Å². The van der Waals surface area contributed by atoms with Gasteiger partial charge in [0.1, 0.15) is 17.8 Å². The number of amides is 3. The fourth-order valence-electron chi connectivity index (χ4n) is 10.6. The lowest BCUT2D eigenvalue weighted by atomic mass is 9.49. The molecule has 0 saturated heterocycles. The number of nitrogens with two attached hydrogens (primary N) is 2. The van der Waals surface area contributed by atoms with E-state index in [0.29, 0.717) is 31.2 Å². The predicted octanol–water partition coefficient (Wildman–Crippen LogP) is 5.48. The molecule has 2 aromatic carbocycles. The van der Waals surface area contributed by atoms with Crippen molar-refractivity contribution in [2.75, 3.05) is 5.73 Å². The molecule has 15 nitrogen and oxygen atoms in total. The van der Waals surface area contributed by atoms with Crippen molar-refractivity contribution >= 4 is 34.8 Å². The lowest BCUT2D eigenvalue weighted by molar-refractivity contribution is -0.134. The molecule has 4 aliphatic rings. The number of hydrogen-bond acceptors (Lipinski definition) is 10. The molecule has 2 unspecified atom stereocenters. The number of aromatic nitrogens is 5. The van der Waals surface area contributed by atoms with Crippen molar-refractivity contribution < 1.29 is 28.8 Å². The number of imidazole rings is 1. The molecule has 3 heterocycles. The number of phenols is 1. The molecule has 306 valence electrons. The van der Waals surface area contributed by atoms with Crippen molar-refractivity contribution in [1.29, 1.82) is 0 Å². The number of aromatic hydroxyl groups is 1. The summed E-state index contributed by atoms with van der Waals surface area (Å²) in [6.45, 7) is 4.09. The van der Waals surface area contributed by atoms with Gasteiger partial charge in [0, 0.05) is 55.3 Å². The van der Waals surface area contributed by atoms with Gasteiger partial charge in [-0.1, -0.05) is 23.4 Å². The van der Waals surface area contributed by atoms with Gasteiger partial charge in [-0.2, -0.15) is 4.98 Å². The molecule has 4 fully saturated rings. The first-order valence-electron chi connectivity index (χ1n) is 20.4. The Morgan fingerprint density at radius 1 is 1.03 bits per heavy atom. The van der Waals surface area contributed by atoms with Crippen LogP contribution in [0.4, 0.5) is 10.7 Å². The molecule has 0 spiro atoms. The molecule has 0 aliphatic heterocycles. The summed E-state index contributed by atoms with van der Waals surface area (Å²) in [5, 5.41) is 21.8. The zero-order chi connectivity index (χ0) is 40.6. The number of para-hydroxylation sites is 1. The molecule has 4 bridgehead atoms. The quantitative estimate of drug-likeness (QED) is 0.0737. The maximum Gasteiger partial charge on any atom is 0.405 e. The standard InChI is InChI=1S/C43H53N9O6/c1-24-12-30(53)13-25(2)32(24)18-34(48-39(55)36(57-42(45)56)8-5-10-52-11-9-46-41(52)44)38(54)49-35(17-29-23-47-33-7-4-3-6-31(29)33)40-50-37(51-58-40)22-43-19-26-14-27(20-43)16-28(15-26)21-43/h3-4,6-7,9,11-13,23,26-28,34-36,47,53H,5,8,10,14-22H2,1-2H3,(H2,44,46)(H2,45,56)(H,48,55)(H,49,54)/t26?,27?,28?,34?,35-,36?,43?/m0/s1. The average Bonchev–Trinajstić information content (AvgIpc) is 3.91. The van der Waals surface area contributed by atoms with E-state index >= 15 is 0 Å². The molecule has 8 N–H and O–H groups in total. The number of nitrogens with zero attached hydrogens (tertiary/aromatic N) is 4. The van der Waals surface area contributed by atoms with Crippen LogP contribution in [0.3, 0.4) is 0 Å². The van der Waals surface area contributed by atoms with Crippen LogP contribution in [0.5, 0.6) is 5.75 Å². The Balaban J connectivity index is 1.07. The summed E-state index contributed by atoms with van der Waals surface area (Å²) < 4.78 is 13.0. The number of aromatic amines is 1. The molecule has 4 aliphatic carbocycles. The van der Waals surface area contributed by atoms with Crippen LogP contribution in [0.2, 0.25) is 0 Å². The Kier molecular flexibility index (Phi) is 10.9. The minimum atomic E-state index is -1.29. The largest absolute Gasteiger partial charge is 0.508 e. The Hall–Kier alpha value is -5.86. The number of carbonyl (C=O) groups is 3. The van der Waals surface area contributed by atoms with Crippen LogP contribution in [-0.4, -0.2) is 59.8 Å². The number of primary amides is 1. The molecule has 9 rings (SSSR count). The zero-order valence-corrected chi connectivity index (χ0v) is 33.1. The maximum absolute atomic E-state index is 14.7. The fourth-order valence-corrected chi connectivity index (χ4v) is 10.6. The Morgan fingerprint density at radius 2 is 1.74 bits per heavy atom. The second kappa shape index (κ2) is 16.2. The number of nitrogens with one attached hydrogen (secondary N) is 3. The van der Waals surface area contributed by atoms with E-state index in [1.165, 1.54) is 38.5 Å². The first-order valence-corrected chi connectivity index (χ1v) is 20.4. The van der Waals surface area contributed by atoms with E-state index in [9.17, 15) is 19.5 Å². The number of aryl methyl sites for hydroxylation is 3. The highest BCUT2D eigenvalue weighted by Crippen LogP contribution is 2.61. The number of carbonyl (C=O) groups excluding carboxylic acids is 3. The number of nitrogen functional groups attached to an aromatic ring is 1. The van der Waals surface area contributed by atoms with Crippen LogP contribution < -0.4 is 22.1 Å². The van der Waals surface area contributed by atoms with Gasteiger partial charge in [0.15, 0.2) is 17.9 Å². The average molecular weight is 792 g/mol. The van der Waals surface area contributed by atoms with Crippen molar-refractivity contribution in [2.24, 2.45) is 28.9 Å². The highest BCUT2D eigenvalue weighted by molar-refractivity contribution is 5.91. The van der Waals surface area contributed by atoms with Crippen LogP contribution >= 0.6 is 0 Å². The van der Waals surface area contributed by atoms with E-state index in [1.54, 1.807) is 29.1 Å². The second-order valence-corrected chi connectivity index (χ2v) is 17.1. The molecule has 3 atom stereocenters. The SMILES string of the molecule is Cc1cc(O)cc(C)c1CC(NC(=O)C(CCCn1ccnc1N)OC(N)=O)C(=O)N[C@@H](Cc1c[nH]c2ccccc12)c1nc(CC23CC4CC(CC(C4)C2)C3)no1. The van der Waals surface area contributed by atoms with Gasteiger partial charge in [0.05, 0.1) is 0 Å². The minimum absolute atomic E-state index is 0.0747. The van der Waals surface area contributed by atoms with E-state index < -0.39 is 36.1 Å². The maximum atomic E-state index is 14.7. The summed E-state index contributed by atoms with van der Waals surface area (Å²) in [4.78, 5) is 53.0. The number of H-pyrrole nitrogens is 1. The smallest absolute Gasteiger partial charge is 0.405 e. The normalized spacial score (nSPS) is 22.4. The van der Waals surface area contributed by atoms with E-state index in [1.807, 2.05) is 44.3 Å². The van der Waals surface area contributed by atoms with Gasteiger partial charge in [-0.3, -0.25) is 9.59 Å². The Bertz CT molecular complexity index is 2240. The van der Waals surface area contributed by atoms with Crippen molar-refractivity contribution in [3.63, 3.8) is 0 Å². The summed E-state index contributed by atoms with van der Waals surface area (Å²) in [5.74, 6) is 2.50. The van der Waals surface area contributed by atoms with Gasteiger partial charge in [-0.15, -0.1) is 0 Å². The van der Waals surface area contributed by atoms with E-state index in [0.717, 1.165) is 57.3 Å². The van der Waals surface area contributed by atoms with Crippen molar-refractivity contribution in [3.05, 3.63) is 89.0 Å². The number of hydrogen-bond donors (Lipinski definition) is 6. The summed E-state index contributed by atoms with van der Waals surface area (Å²) >= 11 is 0. The summed E-state index contributed by atoms with van der Waals surface area (Å²) in [7, 11) is 0. The number of fused-ring (bicyclic) bond motifs is 1. The van der Waals surface area contributed by atoms with Crippen molar-refractivity contribution in [1.82, 2.24) is 35.3 Å². The van der Waals surface area contributed by atoms with Gasteiger partial charge < -0.3 is 46.0 Å².